The SMILES string of the molecule is CC(=O)Nc1ccc(CN2CC[C@H](N3CCCCCC3)[C@@H](O)C2)cc1. The first-order chi connectivity index (χ1) is 12.1. The van der Waals surface area contributed by atoms with Crippen molar-refractivity contribution in [1.82, 2.24) is 9.80 Å². The van der Waals surface area contributed by atoms with E-state index in [1.165, 1.54) is 38.2 Å². The fourth-order valence-corrected chi connectivity index (χ4v) is 4.14. The molecular weight excluding hydrogens is 314 g/mol. The standard InChI is InChI=1S/C20H31N3O2/c1-16(24)21-18-8-6-17(7-9-18)14-22-13-10-19(20(25)15-22)23-11-4-2-3-5-12-23/h6-9,19-20,25H,2-5,10-15H2,1H3,(H,21,24)/t19-,20-/m0/s1. The van der Waals surface area contributed by atoms with Gasteiger partial charge in [-0.2, -0.15) is 0 Å². The molecule has 0 saturated carbocycles. The van der Waals surface area contributed by atoms with Gasteiger partial charge in [-0.3, -0.25) is 14.6 Å². The van der Waals surface area contributed by atoms with Crippen LogP contribution >= 0.6 is 0 Å². The lowest BCUT2D eigenvalue weighted by Gasteiger charge is -2.41. The van der Waals surface area contributed by atoms with Crippen LogP contribution in [0.3, 0.4) is 0 Å². The van der Waals surface area contributed by atoms with Crippen LogP contribution in [0, 0.1) is 0 Å². The number of likely N-dealkylation sites (tertiary alicyclic amines) is 2. The average Bonchev–Trinajstić information content (AvgIpc) is 2.85. The normalized spacial score (nSPS) is 26.2. The molecule has 25 heavy (non-hydrogen) atoms. The Labute approximate surface area is 151 Å². The molecule has 2 aliphatic rings. The number of nitrogens with zero attached hydrogens (tertiary/aromatic N) is 2. The number of hydrogen-bond acceptors (Lipinski definition) is 4. The number of rotatable bonds is 4. The molecule has 2 atom stereocenters. The van der Waals surface area contributed by atoms with E-state index in [1.54, 1.807) is 0 Å². The summed E-state index contributed by atoms with van der Waals surface area (Å²) in [5.41, 5.74) is 2.05. The smallest absolute Gasteiger partial charge is 0.221 e. The zero-order chi connectivity index (χ0) is 17.6. The lowest BCUT2D eigenvalue weighted by molar-refractivity contribution is -0.114. The molecule has 5 nitrogen and oxygen atoms in total. The van der Waals surface area contributed by atoms with Crippen molar-refractivity contribution in [3.8, 4) is 0 Å². The molecule has 0 aliphatic carbocycles. The third-order valence-electron chi connectivity index (χ3n) is 5.42. The largest absolute Gasteiger partial charge is 0.390 e. The van der Waals surface area contributed by atoms with Gasteiger partial charge in [-0.15, -0.1) is 0 Å². The van der Waals surface area contributed by atoms with Crippen molar-refractivity contribution in [2.45, 2.75) is 57.7 Å². The van der Waals surface area contributed by atoms with Crippen molar-refractivity contribution >= 4 is 11.6 Å². The number of hydrogen-bond donors (Lipinski definition) is 2. The lowest BCUT2D eigenvalue weighted by Crippen LogP contribution is -2.54. The predicted octanol–water partition coefficient (Wildman–Crippen LogP) is 2.46. The molecule has 3 rings (SSSR count). The van der Waals surface area contributed by atoms with Gasteiger partial charge in [0.15, 0.2) is 0 Å². The minimum absolute atomic E-state index is 0.0496. The van der Waals surface area contributed by atoms with E-state index < -0.39 is 0 Å². The number of β-amino-alcohol motifs (C(OH)–C–C–N with tert-alkyl or cyclic N) is 1. The predicted molar refractivity (Wildman–Crippen MR) is 100 cm³/mol. The van der Waals surface area contributed by atoms with Crippen LogP contribution in [0.4, 0.5) is 5.69 Å². The summed E-state index contributed by atoms with van der Waals surface area (Å²) in [6.07, 6.45) is 6.00. The van der Waals surface area contributed by atoms with Gasteiger partial charge in [-0.05, 0) is 50.0 Å². The summed E-state index contributed by atoms with van der Waals surface area (Å²) in [6, 6.07) is 8.32. The van der Waals surface area contributed by atoms with Crippen LogP contribution in [-0.4, -0.2) is 59.1 Å². The number of nitrogens with one attached hydrogen (secondary N) is 1. The summed E-state index contributed by atoms with van der Waals surface area (Å²) in [5, 5.41) is 13.5. The van der Waals surface area contributed by atoms with E-state index in [9.17, 15) is 9.90 Å². The van der Waals surface area contributed by atoms with Crippen molar-refractivity contribution in [3.63, 3.8) is 0 Å². The third kappa shape index (κ3) is 5.27. The maximum absolute atomic E-state index is 11.1. The molecule has 2 heterocycles. The van der Waals surface area contributed by atoms with E-state index in [0.717, 1.165) is 44.8 Å². The second-order valence-electron chi connectivity index (χ2n) is 7.49. The monoisotopic (exact) mass is 345 g/mol. The van der Waals surface area contributed by atoms with Crippen LogP contribution < -0.4 is 5.32 Å². The average molecular weight is 345 g/mol. The van der Waals surface area contributed by atoms with Gasteiger partial charge in [0.05, 0.1) is 6.10 Å². The van der Waals surface area contributed by atoms with Gasteiger partial charge < -0.3 is 10.4 Å². The minimum atomic E-state index is -0.259. The van der Waals surface area contributed by atoms with E-state index in [4.69, 9.17) is 0 Å². The molecule has 1 amide bonds. The number of aliphatic hydroxyl groups is 1. The molecule has 2 aliphatic heterocycles. The van der Waals surface area contributed by atoms with E-state index in [2.05, 4.69) is 27.2 Å². The Kier molecular flexibility index (Phi) is 6.45. The Balaban J connectivity index is 1.51. The van der Waals surface area contributed by atoms with Crippen LogP contribution in [0.25, 0.3) is 0 Å². The van der Waals surface area contributed by atoms with Gasteiger partial charge >= 0.3 is 0 Å². The number of piperidine rings is 1. The Morgan fingerprint density at radius 3 is 2.40 bits per heavy atom. The van der Waals surface area contributed by atoms with E-state index in [-0.39, 0.29) is 12.0 Å². The maximum atomic E-state index is 11.1. The Bertz CT molecular complexity index is 553. The number of anilines is 1. The van der Waals surface area contributed by atoms with Crippen molar-refractivity contribution < 1.29 is 9.90 Å². The van der Waals surface area contributed by atoms with Crippen molar-refractivity contribution in [2.75, 3.05) is 31.5 Å². The van der Waals surface area contributed by atoms with Gasteiger partial charge in [0.1, 0.15) is 0 Å². The van der Waals surface area contributed by atoms with Gasteiger partial charge in [0, 0.05) is 38.3 Å². The van der Waals surface area contributed by atoms with Crippen LogP contribution in [-0.2, 0) is 11.3 Å². The Morgan fingerprint density at radius 2 is 1.80 bits per heavy atom. The Morgan fingerprint density at radius 1 is 1.12 bits per heavy atom. The Hall–Kier alpha value is -1.43. The summed E-state index contributed by atoms with van der Waals surface area (Å²) in [4.78, 5) is 15.9. The van der Waals surface area contributed by atoms with Gasteiger partial charge in [-0.1, -0.05) is 25.0 Å². The first-order valence-electron chi connectivity index (χ1n) is 9.63. The summed E-state index contributed by atoms with van der Waals surface area (Å²) < 4.78 is 0. The molecule has 0 aromatic heterocycles. The molecule has 1 aromatic carbocycles. The molecule has 0 spiro atoms. The first kappa shape index (κ1) is 18.4. The number of benzene rings is 1. The van der Waals surface area contributed by atoms with Crippen LogP contribution in [0.1, 0.15) is 44.6 Å². The molecule has 138 valence electrons. The highest BCUT2D eigenvalue weighted by molar-refractivity contribution is 5.88. The molecule has 0 bridgehead atoms. The number of carbonyl (C=O) groups is 1. The maximum Gasteiger partial charge on any atom is 0.221 e. The number of amides is 1. The second kappa shape index (κ2) is 8.79. The minimum Gasteiger partial charge on any atom is -0.390 e. The van der Waals surface area contributed by atoms with Gasteiger partial charge in [-0.25, -0.2) is 0 Å². The third-order valence-corrected chi connectivity index (χ3v) is 5.42. The molecule has 0 unspecified atom stereocenters. The molecular formula is C20H31N3O2. The molecule has 2 fully saturated rings. The highest BCUT2D eigenvalue weighted by atomic mass is 16.3. The zero-order valence-electron chi connectivity index (χ0n) is 15.3. The fourth-order valence-electron chi connectivity index (χ4n) is 4.14. The highest BCUT2D eigenvalue weighted by Crippen LogP contribution is 2.22. The van der Waals surface area contributed by atoms with Gasteiger partial charge in [0.25, 0.3) is 0 Å². The second-order valence-corrected chi connectivity index (χ2v) is 7.49. The van der Waals surface area contributed by atoms with Crippen molar-refractivity contribution in [2.24, 2.45) is 0 Å². The summed E-state index contributed by atoms with van der Waals surface area (Å²) in [5.74, 6) is -0.0496. The van der Waals surface area contributed by atoms with Gasteiger partial charge in [0.2, 0.25) is 5.91 Å². The summed E-state index contributed by atoms with van der Waals surface area (Å²) in [7, 11) is 0. The molecule has 0 radical (unpaired) electrons. The first-order valence-corrected chi connectivity index (χ1v) is 9.63. The molecule has 2 saturated heterocycles. The van der Waals surface area contributed by atoms with Crippen LogP contribution in [0.15, 0.2) is 24.3 Å². The summed E-state index contributed by atoms with van der Waals surface area (Å²) >= 11 is 0. The van der Waals surface area contributed by atoms with E-state index >= 15 is 0 Å². The van der Waals surface area contributed by atoms with E-state index in [1.807, 2.05) is 12.1 Å². The number of carbonyl (C=O) groups excluding carboxylic acids is 1. The zero-order valence-corrected chi connectivity index (χ0v) is 15.3. The van der Waals surface area contributed by atoms with Crippen molar-refractivity contribution in [1.29, 1.82) is 0 Å². The lowest BCUT2D eigenvalue weighted by atomic mass is 9.99. The van der Waals surface area contributed by atoms with Crippen LogP contribution in [0.5, 0.6) is 0 Å². The fraction of sp³-hybridized carbons (Fsp3) is 0.650. The van der Waals surface area contributed by atoms with E-state index in [0.29, 0.717) is 6.04 Å². The quantitative estimate of drug-likeness (QED) is 0.880. The molecule has 5 heteroatoms. The summed E-state index contributed by atoms with van der Waals surface area (Å²) in [6.45, 7) is 6.44. The molecule has 2 N–H and O–H groups in total. The number of aliphatic hydroxyl groups excluding tert-OH is 1. The highest BCUT2D eigenvalue weighted by Gasteiger charge is 2.32. The van der Waals surface area contributed by atoms with Crippen LogP contribution in [0.2, 0.25) is 0 Å². The van der Waals surface area contributed by atoms with Crippen molar-refractivity contribution in [3.05, 3.63) is 29.8 Å². The topological polar surface area (TPSA) is 55.8 Å². The molecule has 1 aromatic rings.